The topological polar surface area (TPSA) is 71.2 Å². The van der Waals surface area contributed by atoms with Crippen molar-refractivity contribution in [3.05, 3.63) is 69.5 Å². The Morgan fingerprint density at radius 3 is 2.65 bits per heavy atom. The van der Waals surface area contributed by atoms with Crippen molar-refractivity contribution in [1.82, 2.24) is 15.3 Å². The molecule has 2 aromatic rings. The minimum atomic E-state index is -0.222. The lowest BCUT2D eigenvalue weighted by Crippen LogP contribution is -2.46. The molecule has 26 heavy (non-hydrogen) atoms. The highest BCUT2D eigenvalue weighted by molar-refractivity contribution is 6.30. The van der Waals surface area contributed by atoms with Crippen LogP contribution in [0, 0.1) is 0 Å². The monoisotopic (exact) mass is 368 g/mol. The van der Waals surface area contributed by atoms with Crippen LogP contribution in [-0.2, 0) is 12.8 Å². The van der Waals surface area contributed by atoms with E-state index in [2.05, 4.69) is 23.6 Å². The lowest BCUT2D eigenvalue weighted by Gasteiger charge is -2.29. The minimum Gasteiger partial charge on any atom is -0.323 e. The van der Waals surface area contributed by atoms with Crippen LogP contribution in [0.5, 0.6) is 0 Å². The number of pyridine rings is 1. The summed E-state index contributed by atoms with van der Waals surface area (Å²) in [6.07, 6.45) is 5.40. The fraction of sp³-hybridized carbons (Fsp3) is 0.300. The smallest absolute Gasteiger partial charge is 0.323 e. The number of aromatic nitrogens is 1. The number of likely N-dealkylation sites (tertiary alicyclic amines) is 1. The van der Waals surface area contributed by atoms with Crippen molar-refractivity contribution < 1.29 is 4.79 Å². The Kier molecular flexibility index (Phi) is 4.66. The van der Waals surface area contributed by atoms with Gasteiger partial charge in [0.15, 0.2) is 0 Å². The van der Waals surface area contributed by atoms with Crippen molar-refractivity contribution in [2.45, 2.75) is 25.7 Å². The number of hydrogen-bond acceptors (Lipinski definition) is 3. The second kappa shape index (κ2) is 7.09. The van der Waals surface area contributed by atoms with E-state index in [1.165, 1.54) is 27.8 Å². The standard InChI is InChI=1S/C20H21ClN4O/c21-16-5-6-17-15(12-16)4-3-14-2-1-9-23-19(14)18(17)13-7-10-25(11-8-13)20(26)24-22/h1-2,5-6,9,12H,3-4,7-8,10-11,22H2,(H,24,26). The zero-order chi connectivity index (χ0) is 18.1. The van der Waals surface area contributed by atoms with Gasteiger partial charge in [-0.3, -0.25) is 10.4 Å². The van der Waals surface area contributed by atoms with Crippen molar-refractivity contribution in [3.8, 4) is 0 Å². The van der Waals surface area contributed by atoms with E-state index in [9.17, 15) is 4.79 Å². The molecule has 5 nitrogen and oxygen atoms in total. The molecule has 1 aliphatic heterocycles. The number of benzene rings is 1. The van der Waals surface area contributed by atoms with Crippen molar-refractivity contribution >= 4 is 23.2 Å². The molecule has 2 heterocycles. The van der Waals surface area contributed by atoms with Gasteiger partial charge in [-0.2, -0.15) is 0 Å². The fourth-order valence-electron chi connectivity index (χ4n) is 3.95. The lowest BCUT2D eigenvalue weighted by molar-refractivity contribution is 0.194. The summed E-state index contributed by atoms with van der Waals surface area (Å²) in [6.45, 7) is 1.32. The number of urea groups is 1. The van der Waals surface area contributed by atoms with E-state index in [4.69, 9.17) is 22.4 Å². The summed E-state index contributed by atoms with van der Waals surface area (Å²) < 4.78 is 0. The van der Waals surface area contributed by atoms with Gasteiger partial charge in [0.2, 0.25) is 0 Å². The summed E-state index contributed by atoms with van der Waals surface area (Å²) in [7, 11) is 0. The first-order valence-electron chi connectivity index (χ1n) is 8.88. The molecule has 6 heteroatoms. The number of carbonyl (C=O) groups excluding carboxylic acids is 1. The Bertz CT molecular complexity index is 883. The molecule has 0 unspecified atom stereocenters. The van der Waals surface area contributed by atoms with E-state index in [0.29, 0.717) is 13.1 Å². The van der Waals surface area contributed by atoms with Gasteiger partial charge in [0.25, 0.3) is 0 Å². The van der Waals surface area contributed by atoms with Crippen molar-refractivity contribution in [3.63, 3.8) is 0 Å². The van der Waals surface area contributed by atoms with Crippen LogP contribution in [-0.4, -0.2) is 29.0 Å². The van der Waals surface area contributed by atoms with Gasteiger partial charge >= 0.3 is 6.03 Å². The maximum absolute atomic E-state index is 11.8. The van der Waals surface area contributed by atoms with Crippen LogP contribution in [0.4, 0.5) is 4.79 Å². The number of hydrazine groups is 1. The highest BCUT2D eigenvalue weighted by Crippen LogP contribution is 2.38. The highest BCUT2D eigenvalue weighted by Gasteiger charge is 2.26. The molecule has 0 atom stereocenters. The van der Waals surface area contributed by atoms with E-state index in [-0.39, 0.29) is 6.03 Å². The maximum Gasteiger partial charge on any atom is 0.331 e. The maximum atomic E-state index is 11.8. The molecule has 1 aliphatic carbocycles. The highest BCUT2D eigenvalue weighted by atomic mass is 35.5. The van der Waals surface area contributed by atoms with Gasteiger partial charge in [0.1, 0.15) is 0 Å². The van der Waals surface area contributed by atoms with Gasteiger partial charge in [-0.25, -0.2) is 10.6 Å². The molecule has 1 fully saturated rings. The Labute approximate surface area is 157 Å². The molecule has 0 radical (unpaired) electrons. The van der Waals surface area contributed by atoms with Crippen molar-refractivity contribution in [1.29, 1.82) is 0 Å². The van der Waals surface area contributed by atoms with Crippen LogP contribution in [0.25, 0.3) is 5.57 Å². The van der Waals surface area contributed by atoms with Gasteiger partial charge in [0, 0.05) is 29.9 Å². The number of nitrogens with zero attached hydrogens (tertiary/aromatic N) is 2. The van der Waals surface area contributed by atoms with Crippen molar-refractivity contribution in [2.24, 2.45) is 5.84 Å². The predicted molar refractivity (Wildman–Crippen MR) is 103 cm³/mol. The molecular weight excluding hydrogens is 348 g/mol. The molecule has 1 aromatic carbocycles. The molecular formula is C20H21ClN4O. The van der Waals surface area contributed by atoms with E-state index in [0.717, 1.165) is 36.4 Å². The summed E-state index contributed by atoms with van der Waals surface area (Å²) in [4.78, 5) is 18.3. The number of piperidine rings is 1. The van der Waals surface area contributed by atoms with Crippen LogP contribution in [0.15, 0.2) is 42.1 Å². The van der Waals surface area contributed by atoms with Crippen LogP contribution >= 0.6 is 11.6 Å². The summed E-state index contributed by atoms with van der Waals surface area (Å²) in [5, 5.41) is 0.765. The molecule has 0 saturated carbocycles. The Balaban J connectivity index is 1.81. The van der Waals surface area contributed by atoms with Gasteiger partial charge in [-0.1, -0.05) is 29.3 Å². The number of aryl methyl sites for hydroxylation is 2. The number of nitrogens with one attached hydrogen (secondary N) is 1. The first kappa shape index (κ1) is 17.1. The van der Waals surface area contributed by atoms with Gasteiger partial charge in [0.05, 0.1) is 5.69 Å². The molecule has 0 spiro atoms. The van der Waals surface area contributed by atoms with E-state index >= 15 is 0 Å². The predicted octanol–water partition coefficient (Wildman–Crippen LogP) is 3.31. The van der Waals surface area contributed by atoms with Gasteiger partial charge in [-0.05, 0) is 60.6 Å². The number of carbonyl (C=O) groups is 1. The van der Waals surface area contributed by atoms with Crippen LogP contribution in [0.2, 0.25) is 5.02 Å². The first-order chi connectivity index (χ1) is 12.7. The Hall–Kier alpha value is -2.37. The third-order valence-corrected chi connectivity index (χ3v) is 5.49. The normalized spacial score (nSPS) is 16.6. The largest absolute Gasteiger partial charge is 0.331 e. The molecule has 0 bridgehead atoms. The minimum absolute atomic E-state index is 0.222. The average molecular weight is 369 g/mol. The second-order valence-corrected chi connectivity index (χ2v) is 7.16. The van der Waals surface area contributed by atoms with Crippen molar-refractivity contribution in [2.75, 3.05) is 13.1 Å². The zero-order valence-corrected chi connectivity index (χ0v) is 15.2. The summed E-state index contributed by atoms with van der Waals surface area (Å²) in [5.74, 6) is 5.27. The van der Waals surface area contributed by atoms with Crippen LogP contribution in [0.3, 0.4) is 0 Å². The number of amides is 2. The van der Waals surface area contributed by atoms with E-state index < -0.39 is 0 Å². The van der Waals surface area contributed by atoms with Gasteiger partial charge in [-0.15, -0.1) is 0 Å². The van der Waals surface area contributed by atoms with Crippen LogP contribution < -0.4 is 11.3 Å². The quantitative estimate of drug-likeness (QED) is 0.425. The first-order valence-corrected chi connectivity index (χ1v) is 9.26. The SMILES string of the molecule is NNC(=O)N1CCC(=C2c3ccc(Cl)cc3CCc3cccnc32)CC1. The third-order valence-electron chi connectivity index (χ3n) is 5.26. The molecule has 4 rings (SSSR count). The molecule has 2 amide bonds. The lowest BCUT2D eigenvalue weighted by atomic mass is 9.88. The number of halogens is 1. The number of hydrogen-bond donors (Lipinski definition) is 2. The van der Waals surface area contributed by atoms with E-state index in [1.807, 2.05) is 18.3 Å². The fourth-order valence-corrected chi connectivity index (χ4v) is 4.15. The number of fused-ring (bicyclic) bond motifs is 2. The summed E-state index contributed by atoms with van der Waals surface area (Å²) in [5.41, 5.74) is 9.61. The molecule has 1 saturated heterocycles. The summed E-state index contributed by atoms with van der Waals surface area (Å²) >= 11 is 6.25. The molecule has 2 aliphatic rings. The van der Waals surface area contributed by atoms with E-state index in [1.54, 1.807) is 4.90 Å². The molecule has 1 aromatic heterocycles. The number of rotatable bonds is 0. The summed E-state index contributed by atoms with van der Waals surface area (Å²) in [6, 6.07) is 10.1. The zero-order valence-electron chi connectivity index (χ0n) is 14.5. The molecule has 134 valence electrons. The van der Waals surface area contributed by atoms with Crippen LogP contribution in [0.1, 0.15) is 35.2 Å². The molecule has 3 N–H and O–H groups in total. The second-order valence-electron chi connectivity index (χ2n) is 6.73. The Morgan fingerprint density at radius 2 is 1.88 bits per heavy atom. The third kappa shape index (κ3) is 3.08. The number of nitrogens with two attached hydrogens (primary N) is 1. The van der Waals surface area contributed by atoms with Gasteiger partial charge < -0.3 is 4.90 Å². The average Bonchev–Trinajstić information content (AvgIpc) is 2.84. The Morgan fingerprint density at radius 1 is 1.12 bits per heavy atom.